The highest BCUT2D eigenvalue weighted by molar-refractivity contribution is 6.37. The molecule has 0 amide bonds. The molecule has 4 N–H and O–H groups in total. The number of carbonyl (C=O) groups is 1. The number of halogens is 2. The Bertz CT molecular complexity index is 1280. The molecule has 1 atom stereocenters. The number of nitrogens with two attached hydrogens (primary N) is 1. The summed E-state index contributed by atoms with van der Waals surface area (Å²) >= 11 is 12.6. The van der Waals surface area contributed by atoms with Gasteiger partial charge in [-0.1, -0.05) is 41.4 Å². The predicted octanol–water partition coefficient (Wildman–Crippen LogP) is 5.04. The van der Waals surface area contributed by atoms with Gasteiger partial charge in [-0.15, -0.1) is 0 Å². The number of phenols is 1. The summed E-state index contributed by atoms with van der Waals surface area (Å²) in [6.45, 7) is 0.111. The quantitative estimate of drug-likeness (QED) is 0.344. The molecule has 4 aromatic rings. The molecule has 0 radical (unpaired) electrons. The molecule has 1 aromatic heterocycles. The van der Waals surface area contributed by atoms with E-state index in [2.05, 4.69) is 4.98 Å². The largest absolute Gasteiger partial charge is 0.508 e. The lowest BCUT2D eigenvalue weighted by molar-refractivity contribution is -0.138. The number of para-hydroxylation sites is 1. The van der Waals surface area contributed by atoms with Crippen LogP contribution < -0.4 is 10.5 Å². The summed E-state index contributed by atoms with van der Waals surface area (Å²) in [4.78, 5) is 15.5. The molecule has 0 fully saturated rings. The molecule has 9 heteroatoms. The first-order chi connectivity index (χ1) is 15.3. The van der Waals surface area contributed by atoms with Gasteiger partial charge in [0.25, 0.3) is 0 Å². The summed E-state index contributed by atoms with van der Waals surface area (Å²) in [6.07, 6.45) is 0.0875. The molecule has 0 aliphatic rings. The lowest BCUT2D eigenvalue weighted by atomic mass is 10.1. The van der Waals surface area contributed by atoms with Crippen molar-refractivity contribution >= 4 is 40.3 Å². The van der Waals surface area contributed by atoms with Crippen molar-refractivity contribution in [3.63, 3.8) is 0 Å². The molecular formula is C23H18Cl2N2O5. The number of phenolic OH excluding ortho intramolecular Hbond substituents is 1. The van der Waals surface area contributed by atoms with Crippen LogP contribution in [0.3, 0.4) is 0 Å². The monoisotopic (exact) mass is 472 g/mol. The number of nitrogens with zero attached hydrogens (tertiary/aromatic N) is 1. The van der Waals surface area contributed by atoms with Crippen LogP contribution in [-0.2, 0) is 17.8 Å². The number of aromatic hydroxyl groups is 1. The molecule has 0 aliphatic heterocycles. The van der Waals surface area contributed by atoms with Crippen LogP contribution in [-0.4, -0.2) is 27.2 Å². The molecule has 1 heterocycles. The van der Waals surface area contributed by atoms with Crippen molar-refractivity contribution in [2.24, 2.45) is 5.73 Å². The molecule has 1 unspecified atom stereocenters. The molecular weight excluding hydrogens is 455 g/mol. The van der Waals surface area contributed by atoms with Gasteiger partial charge in [0.05, 0.1) is 10.0 Å². The standard InChI is InChI=1S/C23H18Cl2N2O5/c24-16-7-12(9-18(26)23(29)30)8-17(25)21(16)31-11-14-4-2-6-19-20(14)32-22(27-19)13-3-1-5-15(28)10-13/h1-8,10,18,28H,9,11,26H2,(H,29,30). The number of oxazole rings is 1. The number of ether oxygens (including phenoxy) is 1. The van der Waals surface area contributed by atoms with E-state index in [4.69, 9.17) is 43.2 Å². The Morgan fingerprint density at radius 2 is 1.84 bits per heavy atom. The van der Waals surface area contributed by atoms with Crippen LogP contribution >= 0.6 is 23.2 Å². The van der Waals surface area contributed by atoms with E-state index in [1.165, 1.54) is 0 Å². The Hall–Kier alpha value is -3.26. The summed E-state index contributed by atoms with van der Waals surface area (Å²) < 4.78 is 11.8. The van der Waals surface area contributed by atoms with E-state index in [-0.39, 0.29) is 34.6 Å². The zero-order valence-electron chi connectivity index (χ0n) is 16.6. The third-order valence-corrected chi connectivity index (χ3v) is 5.35. The number of aromatic nitrogens is 1. The average Bonchev–Trinajstić information content (AvgIpc) is 3.18. The van der Waals surface area contributed by atoms with Gasteiger partial charge in [0.2, 0.25) is 5.89 Å². The molecule has 4 rings (SSSR count). The molecule has 32 heavy (non-hydrogen) atoms. The fraction of sp³-hybridized carbons (Fsp3) is 0.130. The minimum atomic E-state index is -1.11. The summed E-state index contributed by atoms with van der Waals surface area (Å²) in [6, 6.07) is 14.2. The molecule has 7 nitrogen and oxygen atoms in total. The second-order valence-electron chi connectivity index (χ2n) is 7.16. The van der Waals surface area contributed by atoms with E-state index >= 15 is 0 Å². The van der Waals surface area contributed by atoms with E-state index in [1.54, 1.807) is 36.4 Å². The maximum atomic E-state index is 11.0. The first-order valence-corrected chi connectivity index (χ1v) is 10.3. The zero-order chi connectivity index (χ0) is 22.8. The van der Waals surface area contributed by atoms with Gasteiger partial charge in [0.1, 0.15) is 23.9 Å². The summed E-state index contributed by atoms with van der Waals surface area (Å²) in [5.74, 6) is -0.350. The second-order valence-corrected chi connectivity index (χ2v) is 7.98. The van der Waals surface area contributed by atoms with Crippen molar-refractivity contribution in [2.45, 2.75) is 19.1 Å². The van der Waals surface area contributed by atoms with Gasteiger partial charge >= 0.3 is 5.97 Å². The lowest BCUT2D eigenvalue weighted by Gasteiger charge is -2.13. The van der Waals surface area contributed by atoms with Crippen molar-refractivity contribution in [1.82, 2.24) is 4.98 Å². The Labute approximate surface area is 193 Å². The zero-order valence-corrected chi connectivity index (χ0v) is 18.1. The number of carboxylic acids is 1. The maximum Gasteiger partial charge on any atom is 0.320 e. The second kappa shape index (κ2) is 9.08. The van der Waals surface area contributed by atoms with E-state index in [1.807, 2.05) is 18.2 Å². The van der Waals surface area contributed by atoms with Gasteiger partial charge in [-0.25, -0.2) is 4.98 Å². The van der Waals surface area contributed by atoms with Gasteiger partial charge in [0.15, 0.2) is 11.3 Å². The van der Waals surface area contributed by atoms with Crippen molar-refractivity contribution in [3.05, 3.63) is 75.8 Å². The fourth-order valence-electron chi connectivity index (χ4n) is 3.24. The molecule has 164 valence electrons. The molecule has 0 aliphatic carbocycles. The Kier molecular flexibility index (Phi) is 6.23. The Morgan fingerprint density at radius 3 is 2.53 bits per heavy atom. The topological polar surface area (TPSA) is 119 Å². The normalized spacial score (nSPS) is 12.1. The smallest absolute Gasteiger partial charge is 0.320 e. The van der Waals surface area contributed by atoms with Gasteiger partial charge in [0, 0.05) is 11.1 Å². The van der Waals surface area contributed by atoms with Crippen LogP contribution in [0.1, 0.15) is 11.1 Å². The van der Waals surface area contributed by atoms with Gasteiger partial charge in [-0.05, 0) is 48.4 Å². The number of benzene rings is 3. The number of rotatable bonds is 7. The highest BCUT2D eigenvalue weighted by Crippen LogP contribution is 2.36. The number of hydrogen-bond acceptors (Lipinski definition) is 6. The van der Waals surface area contributed by atoms with Crippen molar-refractivity contribution < 1.29 is 24.2 Å². The van der Waals surface area contributed by atoms with E-state index in [9.17, 15) is 9.90 Å². The first-order valence-electron chi connectivity index (χ1n) is 9.59. The van der Waals surface area contributed by atoms with Crippen LogP contribution in [0.25, 0.3) is 22.6 Å². The number of fused-ring (bicyclic) bond motifs is 1. The molecule has 0 saturated carbocycles. The van der Waals surface area contributed by atoms with Gasteiger partial charge in [-0.2, -0.15) is 0 Å². The molecule has 0 saturated heterocycles. The molecule has 0 bridgehead atoms. The maximum absolute atomic E-state index is 11.0. The summed E-state index contributed by atoms with van der Waals surface area (Å²) in [5, 5.41) is 19.2. The van der Waals surface area contributed by atoms with Crippen molar-refractivity contribution in [3.8, 4) is 23.0 Å². The van der Waals surface area contributed by atoms with Crippen LogP contribution in [0.2, 0.25) is 10.0 Å². The third kappa shape index (κ3) is 4.65. The van der Waals surface area contributed by atoms with Crippen LogP contribution in [0, 0.1) is 0 Å². The van der Waals surface area contributed by atoms with Crippen LogP contribution in [0.5, 0.6) is 11.5 Å². The number of aliphatic carboxylic acids is 1. The average molecular weight is 473 g/mol. The molecule has 3 aromatic carbocycles. The minimum Gasteiger partial charge on any atom is -0.508 e. The fourth-order valence-corrected chi connectivity index (χ4v) is 3.88. The van der Waals surface area contributed by atoms with Gasteiger partial charge in [-0.3, -0.25) is 4.79 Å². The third-order valence-electron chi connectivity index (χ3n) is 4.79. The van der Waals surface area contributed by atoms with E-state index in [0.29, 0.717) is 28.1 Å². The predicted molar refractivity (Wildman–Crippen MR) is 121 cm³/mol. The SMILES string of the molecule is NC(Cc1cc(Cl)c(OCc2cccc3nc(-c4cccc(O)c4)oc23)c(Cl)c1)C(=O)O. The highest BCUT2D eigenvalue weighted by Gasteiger charge is 2.17. The number of carboxylic acid groups (broad SMARTS) is 1. The Balaban J connectivity index is 1.57. The van der Waals surface area contributed by atoms with Crippen LogP contribution in [0.15, 0.2) is 59.0 Å². The summed E-state index contributed by atoms with van der Waals surface area (Å²) in [7, 11) is 0. The van der Waals surface area contributed by atoms with Gasteiger partial charge < -0.3 is 25.1 Å². The molecule has 0 spiro atoms. The summed E-state index contributed by atoms with van der Waals surface area (Å²) in [5.41, 5.74) is 8.73. The van der Waals surface area contributed by atoms with E-state index < -0.39 is 12.0 Å². The Morgan fingerprint density at radius 1 is 1.12 bits per heavy atom. The van der Waals surface area contributed by atoms with Crippen molar-refractivity contribution in [2.75, 3.05) is 0 Å². The van der Waals surface area contributed by atoms with Crippen molar-refractivity contribution in [1.29, 1.82) is 0 Å². The number of hydrogen-bond donors (Lipinski definition) is 3. The minimum absolute atomic E-state index is 0.0875. The highest BCUT2D eigenvalue weighted by atomic mass is 35.5. The van der Waals surface area contributed by atoms with Crippen LogP contribution in [0.4, 0.5) is 0 Å². The van der Waals surface area contributed by atoms with E-state index in [0.717, 1.165) is 5.56 Å². The first kappa shape index (κ1) is 22.0. The lowest BCUT2D eigenvalue weighted by Crippen LogP contribution is -2.32.